The number of aryl methyl sites for hydroxylation is 1. The average molecular weight is 323 g/mol. The summed E-state index contributed by atoms with van der Waals surface area (Å²) in [4.78, 5) is 12.3. The molecule has 0 heterocycles. The number of ether oxygens (including phenoxy) is 1. The van der Waals surface area contributed by atoms with Gasteiger partial charge in [0, 0.05) is 11.1 Å². The van der Waals surface area contributed by atoms with Crippen LogP contribution in [0.3, 0.4) is 0 Å². The van der Waals surface area contributed by atoms with Gasteiger partial charge in [-0.15, -0.1) is 0 Å². The van der Waals surface area contributed by atoms with E-state index in [-0.39, 0.29) is 5.78 Å². The second kappa shape index (κ2) is 5.53. The first kappa shape index (κ1) is 13.7. The quantitative estimate of drug-likeness (QED) is 0.794. The lowest BCUT2D eigenvalue weighted by Crippen LogP contribution is -2.03. The van der Waals surface area contributed by atoms with E-state index in [1.807, 2.05) is 0 Å². The summed E-state index contributed by atoms with van der Waals surface area (Å²) in [6.45, 7) is 1.75. The molecule has 0 spiro atoms. The number of ketones is 1. The first-order valence-corrected chi connectivity index (χ1v) is 6.46. The molecule has 2 nitrogen and oxygen atoms in total. The van der Waals surface area contributed by atoms with Gasteiger partial charge >= 0.3 is 0 Å². The molecule has 0 amide bonds. The minimum absolute atomic E-state index is 0.217. The van der Waals surface area contributed by atoms with Gasteiger partial charge in [0.2, 0.25) is 0 Å². The molecule has 2 aromatic carbocycles. The van der Waals surface area contributed by atoms with Gasteiger partial charge in [0.1, 0.15) is 11.6 Å². The number of halogens is 2. The Balaban J connectivity index is 2.41. The van der Waals surface area contributed by atoms with Gasteiger partial charge in [0.15, 0.2) is 5.78 Å². The molecule has 0 bridgehead atoms. The number of carbonyl (C=O) groups excluding carboxylic acids is 1. The van der Waals surface area contributed by atoms with Crippen LogP contribution in [0.25, 0.3) is 0 Å². The fourth-order valence-electron chi connectivity index (χ4n) is 1.84. The lowest BCUT2D eigenvalue weighted by Gasteiger charge is -2.06. The van der Waals surface area contributed by atoms with Crippen molar-refractivity contribution in [2.45, 2.75) is 6.92 Å². The molecule has 0 N–H and O–H groups in total. The lowest BCUT2D eigenvalue weighted by atomic mass is 10.0. The molecule has 0 unspecified atom stereocenters. The summed E-state index contributed by atoms with van der Waals surface area (Å²) in [6.07, 6.45) is 0. The molecular weight excluding hydrogens is 311 g/mol. The third kappa shape index (κ3) is 3.01. The number of rotatable bonds is 3. The van der Waals surface area contributed by atoms with E-state index in [1.165, 1.54) is 12.1 Å². The number of carbonyl (C=O) groups is 1. The zero-order valence-corrected chi connectivity index (χ0v) is 12.1. The summed E-state index contributed by atoms with van der Waals surface area (Å²) in [5, 5.41) is 0. The topological polar surface area (TPSA) is 26.3 Å². The fourth-order valence-corrected chi connectivity index (χ4v) is 2.38. The monoisotopic (exact) mass is 322 g/mol. The molecule has 4 heteroatoms. The fraction of sp³-hybridized carbons (Fsp3) is 0.133. The second-order valence-corrected chi connectivity index (χ2v) is 5.05. The van der Waals surface area contributed by atoms with Crippen molar-refractivity contribution >= 4 is 21.7 Å². The van der Waals surface area contributed by atoms with E-state index in [1.54, 1.807) is 38.3 Å². The Morgan fingerprint density at radius 3 is 2.47 bits per heavy atom. The van der Waals surface area contributed by atoms with Crippen LogP contribution < -0.4 is 4.74 Å². The molecule has 2 aromatic rings. The van der Waals surface area contributed by atoms with E-state index in [9.17, 15) is 9.18 Å². The van der Waals surface area contributed by atoms with Crippen LogP contribution in [0.2, 0.25) is 0 Å². The van der Waals surface area contributed by atoms with Gasteiger partial charge in [-0.25, -0.2) is 4.39 Å². The first-order chi connectivity index (χ1) is 9.01. The van der Waals surface area contributed by atoms with Crippen LogP contribution in [0, 0.1) is 12.7 Å². The van der Waals surface area contributed by atoms with Crippen molar-refractivity contribution in [1.82, 2.24) is 0 Å². The zero-order chi connectivity index (χ0) is 14.0. The summed E-state index contributed by atoms with van der Waals surface area (Å²) >= 11 is 3.33. The van der Waals surface area contributed by atoms with Gasteiger partial charge in [0.05, 0.1) is 11.6 Å². The van der Waals surface area contributed by atoms with Crippen LogP contribution in [-0.4, -0.2) is 12.9 Å². The molecule has 98 valence electrons. The zero-order valence-electron chi connectivity index (χ0n) is 10.5. The van der Waals surface area contributed by atoms with E-state index >= 15 is 0 Å². The summed E-state index contributed by atoms with van der Waals surface area (Å²) in [5.41, 5.74) is 1.54. The molecule has 0 radical (unpaired) electrons. The Bertz CT molecular complexity index is 618. The maximum absolute atomic E-state index is 13.3. The Morgan fingerprint density at radius 2 is 1.89 bits per heavy atom. The Labute approximate surface area is 119 Å². The Hall–Kier alpha value is -1.68. The lowest BCUT2D eigenvalue weighted by molar-refractivity contribution is 0.103. The van der Waals surface area contributed by atoms with Gasteiger partial charge in [-0.05, 0) is 64.8 Å². The highest BCUT2D eigenvalue weighted by molar-refractivity contribution is 9.10. The van der Waals surface area contributed by atoms with Crippen molar-refractivity contribution in [2.75, 3.05) is 7.11 Å². The smallest absolute Gasteiger partial charge is 0.193 e. The van der Waals surface area contributed by atoms with Crippen molar-refractivity contribution in [1.29, 1.82) is 0 Å². The average Bonchev–Trinajstić information content (AvgIpc) is 2.36. The van der Waals surface area contributed by atoms with E-state index in [2.05, 4.69) is 15.9 Å². The van der Waals surface area contributed by atoms with Crippen molar-refractivity contribution < 1.29 is 13.9 Å². The molecule has 2 rings (SSSR count). The van der Waals surface area contributed by atoms with Crippen molar-refractivity contribution in [3.63, 3.8) is 0 Å². The minimum Gasteiger partial charge on any atom is -0.496 e. The predicted octanol–water partition coefficient (Wildman–Crippen LogP) is 4.14. The van der Waals surface area contributed by atoms with E-state index in [4.69, 9.17) is 4.74 Å². The molecule has 0 aliphatic carbocycles. The molecule has 0 aromatic heterocycles. The van der Waals surface area contributed by atoms with Crippen molar-refractivity contribution in [2.24, 2.45) is 0 Å². The normalized spacial score (nSPS) is 10.3. The largest absolute Gasteiger partial charge is 0.496 e. The highest BCUT2D eigenvalue weighted by atomic mass is 79.9. The van der Waals surface area contributed by atoms with E-state index < -0.39 is 5.82 Å². The molecule has 0 saturated carbocycles. The van der Waals surface area contributed by atoms with Crippen LogP contribution in [-0.2, 0) is 0 Å². The molecule has 0 atom stereocenters. The molecule has 0 saturated heterocycles. The van der Waals surface area contributed by atoms with Gasteiger partial charge in [-0.1, -0.05) is 0 Å². The van der Waals surface area contributed by atoms with E-state index in [0.717, 1.165) is 5.56 Å². The number of hydrogen-bond acceptors (Lipinski definition) is 2. The SMILES string of the molecule is COc1ccc(C(=O)c2cc(C)cc(F)c2)cc1Br. The minimum atomic E-state index is -0.407. The highest BCUT2D eigenvalue weighted by Crippen LogP contribution is 2.26. The number of hydrogen-bond donors (Lipinski definition) is 0. The standard InChI is InChI=1S/C15H12BrFO2/c1-9-5-11(7-12(17)6-9)15(18)10-3-4-14(19-2)13(16)8-10/h3-8H,1-2H3. The second-order valence-electron chi connectivity index (χ2n) is 4.20. The van der Waals surface area contributed by atoms with Gasteiger partial charge in [-0.3, -0.25) is 4.79 Å². The Kier molecular flexibility index (Phi) is 4.00. The molecular formula is C15H12BrFO2. The molecule has 0 aliphatic heterocycles. The van der Waals surface area contributed by atoms with Crippen LogP contribution in [0.1, 0.15) is 21.5 Å². The highest BCUT2D eigenvalue weighted by Gasteiger charge is 2.12. The van der Waals surface area contributed by atoms with Crippen LogP contribution in [0.15, 0.2) is 40.9 Å². The summed E-state index contributed by atoms with van der Waals surface area (Å²) in [6, 6.07) is 9.33. The molecule has 0 aliphatic rings. The third-order valence-corrected chi connectivity index (χ3v) is 3.34. The van der Waals surface area contributed by atoms with Crippen molar-refractivity contribution in [3.05, 3.63) is 63.4 Å². The number of benzene rings is 2. The summed E-state index contributed by atoms with van der Waals surface area (Å²) in [7, 11) is 1.55. The number of methoxy groups -OCH3 is 1. The Morgan fingerprint density at radius 1 is 1.16 bits per heavy atom. The van der Waals surface area contributed by atoms with Crippen LogP contribution in [0.4, 0.5) is 4.39 Å². The first-order valence-electron chi connectivity index (χ1n) is 5.66. The third-order valence-electron chi connectivity index (χ3n) is 2.72. The van der Waals surface area contributed by atoms with Gasteiger partial charge in [0.25, 0.3) is 0 Å². The maximum Gasteiger partial charge on any atom is 0.193 e. The maximum atomic E-state index is 13.3. The van der Waals surface area contributed by atoms with Gasteiger partial charge in [-0.2, -0.15) is 0 Å². The van der Waals surface area contributed by atoms with Crippen LogP contribution in [0.5, 0.6) is 5.75 Å². The molecule has 19 heavy (non-hydrogen) atoms. The van der Waals surface area contributed by atoms with Crippen LogP contribution >= 0.6 is 15.9 Å². The summed E-state index contributed by atoms with van der Waals surface area (Å²) < 4.78 is 19.1. The van der Waals surface area contributed by atoms with Gasteiger partial charge < -0.3 is 4.74 Å². The predicted molar refractivity (Wildman–Crippen MR) is 75.3 cm³/mol. The summed E-state index contributed by atoms with van der Waals surface area (Å²) in [5.74, 6) is 0.0221. The molecule has 0 fully saturated rings. The van der Waals surface area contributed by atoms with E-state index in [0.29, 0.717) is 21.3 Å². The van der Waals surface area contributed by atoms with Crippen molar-refractivity contribution in [3.8, 4) is 5.75 Å².